The van der Waals surface area contributed by atoms with E-state index in [2.05, 4.69) is 15.5 Å². The summed E-state index contributed by atoms with van der Waals surface area (Å²) in [5.41, 5.74) is 0.254. The zero-order valence-electron chi connectivity index (χ0n) is 16.1. The number of nitrogens with zero attached hydrogens (tertiary/aromatic N) is 3. The molecule has 2 aliphatic rings. The number of amides is 3. The van der Waals surface area contributed by atoms with E-state index in [0.717, 1.165) is 10.5 Å². The predicted molar refractivity (Wildman–Crippen MR) is 104 cm³/mol. The van der Waals surface area contributed by atoms with Gasteiger partial charge in [0.05, 0.1) is 13.7 Å². The van der Waals surface area contributed by atoms with E-state index < -0.39 is 11.6 Å². The highest BCUT2D eigenvalue weighted by Gasteiger charge is 2.55. The van der Waals surface area contributed by atoms with Crippen molar-refractivity contribution in [1.82, 2.24) is 20.4 Å². The number of methoxy groups -OCH3 is 1. The number of nitrogens with one attached hydrogen (secondary N) is 1. The predicted octanol–water partition coefficient (Wildman–Crippen LogP) is 2.48. The van der Waals surface area contributed by atoms with E-state index >= 15 is 0 Å². The van der Waals surface area contributed by atoms with Crippen LogP contribution >= 0.6 is 0 Å². The molecule has 2 aromatic carbocycles. The van der Waals surface area contributed by atoms with Crippen molar-refractivity contribution in [2.45, 2.75) is 18.5 Å². The molecule has 1 N–H and O–H groups in total. The molecule has 0 radical (unpaired) electrons. The van der Waals surface area contributed by atoms with Crippen molar-refractivity contribution < 1.29 is 23.6 Å². The molecule has 152 valence electrons. The summed E-state index contributed by atoms with van der Waals surface area (Å²) in [6, 6.07) is 13.9. The number of carbonyl (C=O) groups excluding carboxylic acids is 2. The number of hydrogen-bond donors (Lipinski definition) is 1. The Labute approximate surface area is 171 Å². The molecule has 5 rings (SSSR count). The van der Waals surface area contributed by atoms with Crippen molar-refractivity contribution in [2.24, 2.45) is 0 Å². The number of aromatic nitrogens is 2. The van der Waals surface area contributed by atoms with Crippen LogP contribution in [0.1, 0.15) is 17.9 Å². The van der Waals surface area contributed by atoms with Crippen LogP contribution in [0.15, 0.2) is 53.1 Å². The van der Waals surface area contributed by atoms with Gasteiger partial charge < -0.3 is 19.3 Å². The number of rotatable bonds is 4. The van der Waals surface area contributed by atoms with Crippen molar-refractivity contribution in [1.29, 1.82) is 0 Å². The number of hydrogen-bond acceptors (Lipinski definition) is 7. The fraction of sp³-hybridized carbons (Fsp3) is 0.238. The highest BCUT2D eigenvalue weighted by Crippen LogP contribution is 2.41. The fourth-order valence-electron chi connectivity index (χ4n) is 3.83. The van der Waals surface area contributed by atoms with E-state index in [1.54, 1.807) is 43.5 Å². The molecule has 9 nitrogen and oxygen atoms in total. The highest BCUT2D eigenvalue weighted by molar-refractivity contribution is 6.07. The Hall–Kier alpha value is -3.88. The van der Waals surface area contributed by atoms with Crippen LogP contribution in [-0.2, 0) is 16.9 Å². The summed E-state index contributed by atoms with van der Waals surface area (Å²) in [6.45, 7) is 0.220. The summed E-state index contributed by atoms with van der Waals surface area (Å²) in [5, 5.41) is 6.81. The second kappa shape index (κ2) is 6.87. The maximum absolute atomic E-state index is 13.3. The standard InChI is InChI=1S/C21H18N4O5/c1-28-14-8-6-13(7-9-14)18-22-17(30-24-18)12-25-19(26)21(23-20(25)27)10-11-29-16-5-3-2-4-15(16)21/h2-9H,10-12H2,1H3,(H,23,27)/t21-/m0/s1. The second-order valence-electron chi connectivity index (χ2n) is 7.06. The van der Waals surface area contributed by atoms with Crippen LogP contribution in [0, 0.1) is 0 Å². The van der Waals surface area contributed by atoms with Crippen LogP contribution in [0.3, 0.4) is 0 Å². The second-order valence-corrected chi connectivity index (χ2v) is 7.06. The molecule has 1 saturated heterocycles. The molecular formula is C21H18N4O5. The number of imide groups is 1. The van der Waals surface area contributed by atoms with Crippen LogP contribution < -0.4 is 14.8 Å². The van der Waals surface area contributed by atoms with Gasteiger partial charge in [0.25, 0.3) is 5.91 Å². The Morgan fingerprint density at radius 3 is 2.77 bits per heavy atom. The summed E-state index contributed by atoms with van der Waals surface area (Å²) in [4.78, 5) is 31.4. The number of carbonyl (C=O) groups is 2. The Balaban J connectivity index is 1.40. The number of fused-ring (bicyclic) bond motifs is 2. The third kappa shape index (κ3) is 2.78. The molecule has 3 amide bonds. The van der Waals surface area contributed by atoms with Crippen molar-refractivity contribution >= 4 is 11.9 Å². The Kier molecular flexibility index (Phi) is 4.16. The van der Waals surface area contributed by atoms with Gasteiger partial charge in [-0.25, -0.2) is 4.79 Å². The van der Waals surface area contributed by atoms with Gasteiger partial charge in [0.2, 0.25) is 11.7 Å². The zero-order valence-corrected chi connectivity index (χ0v) is 16.1. The lowest BCUT2D eigenvalue weighted by atomic mass is 9.84. The summed E-state index contributed by atoms with van der Waals surface area (Å²) >= 11 is 0. The maximum atomic E-state index is 13.3. The van der Waals surface area contributed by atoms with Gasteiger partial charge in [0.1, 0.15) is 18.0 Å². The average molecular weight is 406 g/mol. The van der Waals surface area contributed by atoms with Crippen molar-refractivity contribution in [2.75, 3.05) is 13.7 Å². The molecule has 30 heavy (non-hydrogen) atoms. The molecule has 1 fully saturated rings. The normalized spacial score (nSPS) is 20.1. The lowest BCUT2D eigenvalue weighted by Crippen LogP contribution is -2.47. The first-order valence-electron chi connectivity index (χ1n) is 9.44. The number of para-hydroxylation sites is 1. The van der Waals surface area contributed by atoms with Crippen LogP contribution in [0.5, 0.6) is 11.5 Å². The minimum atomic E-state index is -1.13. The van der Waals surface area contributed by atoms with Crippen molar-refractivity contribution in [3.05, 3.63) is 60.0 Å². The minimum Gasteiger partial charge on any atom is -0.497 e. The van der Waals surface area contributed by atoms with Gasteiger partial charge in [-0.15, -0.1) is 0 Å². The quantitative estimate of drug-likeness (QED) is 0.663. The van der Waals surface area contributed by atoms with Crippen LogP contribution in [0.2, 0.25) is 0 Å². The minimum absolute atomic E-state index is 0.113. The lowest BCUT2D eigenvalue weighted by Gasteiger charge is -2.33. The summed E-state index contributed by atoms with van der Waals surface area (Å²) < 4.78 is 16.1. The molecule has 1 atom stereocenters. The van der Waals surface area contributed by atoms with E-state index in [1.807, 2.05) is 12.1 Å². The zero-order chi connectivity index (χ0) is 20.7. The van der Waals surface area contributed by atoms with Gasteiger partial charge in [-0.1, -0.05) is 23.4 Å². The summed E-state index contributed by atoms with van der Waals surface area (Å²) in [7, 11) is 1.59. The molecule has 1 spiro atoms. The monoisotopic (exact) mass is 406 g/mol. The summed E-state index contributed by atoms with van der Waals surface area (Å²) in [6.07, 6.45) is 0.353. The van der Waals surface area contributed by atoms with Gasteiger partial charge >= 0.3 is 6.03 Å². The molecule has 0 aliphatic carbocycles. The van der Waals surface area contributed by atoms with Crippen LogP contribution in [-0.4, -0.2) is 40.7 Å². The van der Waals surface area contributed by atoms with Crippen molar-refractivity contribution in [3.63, 3.8) is 0 Å². The summed E-state index contributed by atoms with van der Waals surface area (Å²) in [5.74, 6) is 1.49. The largest absolute Gasteiger partial charge is 0.497 e. The Bertz CT molecular complexity index is 1130. The third-order valence-electron chi connectivity index (χ3n) is 5.37. The average Bonchev–Trinajstić information content (AvgIpc) is 3.34. The van der Waals surface area contributed by atoms with E-state index in [1.165, 1.54) is 0 Å². The van der Waals surface area contributed by atoms with Crippen molar-refractivity contribution in [3.8, 4) is 22.9 Å². The molecule has 3 heterocycles. The Morgan fingerprint density at radius 1 is 1.17 bits per heavy atom. The maximum Gasteiger partial charge on any atom is 0.325 e. The number of urea groups is 1. The van der Waals surface area contributed by atoms with Gasteiger partial charge in [-0.05, 0) is 30.3 Å². The molecular weight excluding hydrogens is 388 g/mol. The Morgan fingerprint density at radius 2 is 1.97 bits per heavy atom. The lowest BCUT2D eigenvalue weighted by molar-refractivity contribution is -0.133. The van der Waals surface area contributed by atoms with E-state index in [9.17, 15) is 9.59 Å². The SMILES string of the molecule is COc1ccc(-c2noc(CN3C(=O)N[C@]4(CCOc5ccccc54)C3=O)n2)cc1. The van der Waals surface area contributed by atoms with Gasteiger partial charge in [-0.3, -0.25) is 9.69 Å². The van der Waals surface area contributed by atoms with Gasteiger partial charge in [0.15, 0.2) is 5.54 Å². The van der Waals surface area contributed by atoms with Crippen LogP contribution in [0.4, 0.5) is 4.79 Å². The molecule has 0 unspecified atom stereocenters. The smallest absolute Gasteiger partial charge is 0.325 e. The van der Waals surface area contributed by atoms with Gasteiger partial charge in [0, 0.05) is 17.5 Å². The topological polar surface area (TPSA) is 107 Å². The highest BCUT2D eigenvalue weighted by atomic mass is 16.5. The number of benzene rings is 2. The van der Waals surface area contributed by atoms with E-state index in [4.69, 9.17) is 14.0 Å². The fourth-order valence-corrected chi connectivity index (χ4v) is 3.83. The molecule has 9 heteroatoms. The van der Waals surface area contributed by atoms with Gasteiger partial charge in [-0.2, -0.15) is 4.98 Å². The first-order chi connectivity index (χ1) is 14.6. The molecule has 2 aliphatic heterocycles. The molecule has 0 bridgehead atoms. The first-order valence-corrected chi connectivity index (χ1v) is 9.44. The third-order valence-corrected chi connectivity index (χ3v) is 5.37. The molecule has 0 saturated carbocycles. The van der Waals surface area contributed by atoms with E-state index in [0.29, 0.717) is 35.9 Å². The first kappa shape index (κ1) is 18.2. The van der Waals surface area contributed by atoms with E-state index in [-0.39, 0.29) is 18.3 Å². The number of ether oxygens (including phenoxy) is 2. The molecule has 3 aromatic rings. The molecule has 1 aromatic heterocycles. The van der Waals surface area contributed by atoms with Crippen LogP contribution in [0.25, 0.3) is 11.4 Å².